The standard InChI is InChI=1S/C19H19N3O6.ClH/c1-10(2)28-19(24)15-11(3)21-14(9-20)17(18(23)27-4)16(15)12-6-5-7-13(8-12)22(25)26;/h5-8,10,16,21H,1-4H3;1H. The van der Waals surface area contributed by atoms with Crippen LogP contribution in [0, 0.1) is 21.4 Å². The van der Waals surface area contributed by atoms with Gasteiger partial charge in [-0.25, -0.2) is 9.59 Å². The Labute approximate surface area is 173 Å². The van der Waals surface area contributed by atoms with Gasteiger partial charge < -0.3 is 14.8 Å². The fourth-order valence-corrected chi connectivity index (χ4v) is 2.95. The first kappa shape index (κ1) is 23.7. The lowest BCUT2D eigenvalue weighted by atomic mass is 9.80. The fraction of sp³-hybridized carbons (Fsp3) is 0.316. The Morgan fingerprint density at radius 1 is 1.28 bits per heavy atom. The van der Waals surface area contributed by atoms with E-state index in [4.69, 9.17) is 9.47 Å². The lowest BCUT2D eigenvalue weighted by Gasteiger charge is -2.29. The van der Waals surface area contributed by atoms with Crippen LogP contribution in [0.3, 0.4) is 0 Å². The summed E-state index contributed by atoms with van der Waals surface area (Å²) in [5.41, 5.74) is 0.251. The summed E-state index contributed by atoms with van der Waals surface area (Å²) in [5.74, 6) is -2.59. The van der Waals surface area contributed by atoms with Crippen molar-refractivity contribution in [2.45, 2.75) is 32.8 Å². The highest BCUT2D eigenvalue weighted by atomic mass is 35.5. The molecule has 1 aromatic rings. The summed E-state index contributed by atoms with van der Waals surface area (Å²) in [6.45, 7) is 4.90. The summed E-state index contributed by atoms with van der Waals surface area (Å²) in [6.07, 6.45) is -0.429. The van der Waals surface area contributed by atoms with Gasteiger partial charge in [0.15, 0.2) is 0 Å². The van der Waals surface area contributed by atoms with E-state index < -0.39 is 28.9 Å². The molecule has 1 atom stereocenters. The number of carbonyl (C=O) groups excluding carboxylic acids is 2. The summed E-state index contributed by atoms with van der Waals surface area (Å²) in [5, 5.41) is 23.4. The SMILES string of the molecule is COC(=O)C1=C(C#N)NC(C)=C(C(=O)OC(C)C)C1c1cccc([N+](=O)[O-])c1.Cl. The molecule has 0 amide bonds. The normalized spacial score (nSPS) is 15.8. The van der Waals surface area contributed by atoms with Crippen molar-refractivity contribution in [2.24, 2.45) is 0 Å². The summed E-state index contributed by atoms with van der Waals surface area (Å²) >= 11 is 0. The van der Waals surface area contributed by atoms with Crippen LogP contribution < -0.4 is 5.32 Å². The first-order valence-electron chi connectivity index (χ1n) is 8.36. The third-order valence-corrected chi connectivity index (χ3v) is 4.06. The molecule has 29 heavy (non-hydrogen) atoms. The van der Waals surface area contributed by atoms with Crippen molar-refractivity contribution in [3.05, 3.63) is 62.5 Å². The number of rotatable bonds is 5. The molecule has 1 aliphatic rings. The summed E-state index contributed by atoms with van der Waals surface area (Å²) in [6, 6.07) is 7.41. The Hall–Kier alpha value is -3.38. The zero-order chi connectivity index (χ0) is 21.0. The second kappa shape index (κ2) is 9.71. The molecule has 2 rings (SSSR count). The first-order valence-corrected chi connectivity index (χ1v) is 8.36. The van der Waals surface area contributed by atoms with Gasteiger partial charge in [-0.15, -0.1) is 12.4 Å². The number of hydrogen-bond acceptors (Lipinski definition) is 8. The minimum atomic E-state index is -1.06. The van der Waals surface area contributed by atoms with Crippen LogP contribution in [0.5, 0.6) is 0 Å². The Kier molecular flexibility index (Phi) is 7.92. The van der Waals surface area contributed by atoms with Gasteiger partial charge in [-0.3, -0.25) is 10.1 Å². The van der Waals surface area contributed by atoms with E-state index in [-0.39, 0.29) is 34.9 Å². The molecule has 0 saturated carbocycles. The number of esters is 2. The van der Waals surface area contributed by atoms with E-state index in [0.29, 0.717) is 11.3 Å². The lowest BCUT2D eigenvalue weighted by Crippen LogP contribution is -2.33. The van der Waals surface area contributed by atoms with Gasteiger partial charge in [-0.1, -0.05) is 12.1 Å². The van der Waals surface area contributed by atoms with Crippen molar-refractivity contribution in [2.75, 3.05) is 7.11 Å². The highest BCUT2D eigenvalue weighted by Crippen LogP contribution is 2.40. The smallest absolute Gasteiger partial charge is 0.337 e. The molecule has 1 aliphatic heterocycles. The van der Waals surface area contributed by atoms with Gasteiger partial charge in [0.1, 0.15) is 11.8 Å². The molecule has 154 valence electrons. The van der Waals surface area contributed by atoms with Gasteiger partial charge in [-0.05, 0) is 26.3 Å². The Balaban J connectivity index is 0.00000420. The number of nitro groups is 1. The summed E-state index contributed by atoms with van der Waals surface area (Å²) in [4.78, 5) is 35.8. The van der Waals surface area contributed by atoms with Crippen molar-refractivity contribution >= 4 is 30.0 Å². The number of hydrogen-bond donors (Lipinski definition) is 1. The molecule has 1 N–H and O–H groups in total. The van der Waals surface area contributed by atoms with Crippen molar-refractivity contribution in [3.63, 3.8) is 0 Å². The number of allylic oxidation sites excluding steroid dienone is 2. The van der Waals surface area contributed by atoms with E-state index in [2.05, 4.69) is 5.32 Å². The van der Waals surface area contributed by atoms with Gasteiger partial charge in [-0.2, -0.15) is 5.26 Å². The van der Waals surface area contributed by atoms with Gasteiger partial charge >= 0.3 is 11.9 Å². The molecular formula is C19H20ClN3O6. The first-order chi connectivity index (χ1) is 13.2. The second-order valence-electron chi connectivity index (χ2n) is 6.29. The topological polar surface area (TPSA) is 132 Å². The zero-order valence-electron chi connectivity index (χ0n) is 16.2. The van der Waals surface area contributed by atoms with E-state index in [1.54, 1.807) is 20.8 Å². The molecule has 0 saturated heterocycles. The number of benzene rings is 1. The molecule has 1 unspecified atom stereocenters. The predicted molar refractivity (Wildman–Crippen MR) is 105 cm³/mol. The van der Waals surface area contributed by atoms with Crippen LogP contribution in [0.1, 0.15) is 32.3 Å². The molecule has 9 nitrogen and oxygen atoms in total. The molecule has 1 aromatic carbocycles. The number of nitriles is 1. The third kappa shape index (κ3) is 4.92. The Morgan fingerprint density at radius 3 is 2.45 bits per heavy atom. The third-order valence-electron chi connectivity index (χ3n) is 4.06. The monoisotopic (exact) mass is 421 g/mol. The van der Waals surface area contributed by atoms with Crippen molar-refractivity contribution in [1.29, 1.82) is 5.26 Å². The molecule has 10 heteroatoms. The number of nitro benzene ring substituents is 1. The number of carbonyl (C=O) groups is 2. The van der Waals surface area contributed by atoms with Crippen LogP contribution in [-0.4, -0.2) is 30.1 Å². The number of halogens is 1. The second-order valence-corrected chi connectivity index (χ2v) is 6.29. The number of nitrogens with one attached hydrogen (secondary N) is 1. The Morgan fingerprint density at radius 2 is 1.93 bits per heavy atom. The summed E-state index contributed by atoms with van der Waals surface area (Å²) in [7, 11) is 1.14. The average Bonchev–Trinajstić information content (AvgIpc) is 2.65. The van der Waals surface area contributed by atoms with E-state index in [0.717, 1.165) is 7.11 Å². The number of ether oxygens (including phenoxy) is 2. The van der Waals surface area contributed by atoms with Gasteiger partial charge in [0.05, 0.1) is 35.2 Å². The van der Waals surface area contributed by atoms with Crippen LogP contribution in [0.15, 0.2) is 46.8 Å². The molecular weight excluding hydrogens is 402 g/mol. The van der Waals surface area contributed by atoms with E-state index in [1.165, 1.54) is 24.3 Å². The van der Waals surface area contributed by atoms with Crippen LogP contribution in [0.4, 0.5) is 5.69 Å². The predicted octanol–water partition coefficient (Wildman–Crippen LogP) is 2.88. The fourth-order valence-electron chi connectivity index (χ4n) is 2.95. The number of nitrogens with zero attached hydrogens (tertiary/aromatic N) is 2. The minimum absolute atomic E-state index is 0. The molecule has 1 heterocycles. The maximum atomic E-state index is 12.8. The maximum Gasteiger partial charge on any atom is 0.337 e. The van der Waals surface area contributed by atoms with Gasteiger partial charge in [0, 0.05) is 17.8 Å². The highest BCUT2D eigenvalue weighted by Gasteiger charge is 2.39. The molecule has 0 fully saturated rings. The van der Waals surface area contributed by atoms with Crippen LogP contribution in [-0.2, 0) is 19.1 Å². The van der Waals surface area contributed by atoms with Crippen molar-refractivity contribution in [3.8, 4) is 6.07 Å². The lowest BCUT2D eigenvalue weighted by molar-refractivity contribution is -0.384. The van der Waals surface area contributed by atoms with E-state index >= 15 is 0 Å². The molecule has 0 radical (unpaired) electrons. The molecule has 0 spiro atoms. The minimum Gasteiger partial charge on any atom is -0.466 e. The Bertz CT molecular complexity index is 946. The highest BCUT2D eigenvalue weighted by molar-refractivity contribution is 6.00. The van der Waals surface area contributed by atoms with Crippen LogP contribution in [0.25, 0.3) is 0 Å². The average molecular weight is 422 g/mol. The van der Waals surface area contributed by atoms with E-state index in [1.807, 2.05) is 6.07 Å². The van der Waals surface area contributed by atoms with Gasteiger partial charge in [0.25, 0.3) is 5.69 Å². The van der Waals surface area contributed by atoms with Crippen LogP contribution >= 0.6 is 12.4 Å². The molecule has 0 bridgehead atoms. The molecule has 0 aromatic heterocycles. The number of non-ortho nitro benzene ring substituents is 1. The molecule has 0 aliphatic carbocycles. The van der Waals surface area contributed by atoms with Crippen molar-refractivity contribution in [1.82, 2.24) is 5.32 Å². The quantitative estimate of drug-likeness (QED) is 0.436. The van der Waals surface area contributed by atoms with Crippen LogP contribution in [0.2, 0.25) is 0 Å². The number of methoxy groups -OCH3 is 1. The largest absolute Gasteiger partial charge is 0.466 e. The van der Waals surface area contributed by atoms with Gasteiger partial charge in [0.2, 0.25) is 0 Å². The van der Waals surface area contributed by atoms with Crippen molar-refractivity contribution < 1.29 is 24.0 Å². The summed E-state index contributed by atoms with van der Waals surface area (Å²) < 4.78 is 10.1. The number of dihydropyridines is 1. The van der Waals surface area contributed by atoms with E-state index in [9.17, 15) is 25.0 Å². The maximum absolute atomic E-state index is 12.8. The zero-order valence-corrected chi connectivity index (χ0v) is 17.0.